The van der Waals surface area contributed by atoms with E-state index in [1.165, 1.54) is 29.6 Å². The van der Waals surface area contributed by atoms with Crippen LogP contribution in [0.4, 0.5) is 0 Å². The number of aromatic nitrogens is 2. The number of amides is 3. The molecule has 1 fully saturated rings. The van der Waals surface area contributed by atoms with Gasteiger partial charge in [0, 0.05) is 24.7 Å². The van der Waals surface area contributed by atoms with Crippen LogP contribution in [0.5, 0.6) is 0 Å². The molecule has 1 saturated heterocycles. The van der Waals surface area contributed by atoms with Gasteiger partial charge in [0.1, 0.15) is 12.4 Å². The number of imidazole rings is 1. The maximum absolute atomic E-state index is 12.8. The molecule has 1 aromatic heterocycles. The average molecular weight is 388 g/mol. The summed E-state index contributed by atoms with van der Waals surface area (Å²) < 4.78 is 26.4. The van der Waals surface area contributed by atoms with Crippen molar-refractivity contribution < 1.29 is 22.8 Å². The Kier molecular flexibility index (Phi) is 3.88. The van der Waals surface area contributed by atoms with Gasteiger partial charge in [-0.2, -0.15) is 0 Å². The first-order valence-corrected chi connectivity index (χ1v) is 9.75. The fourth-order valence-corrected chi connectivity index (χ4v) is 4.56. The Morgan fingerprint density at radius 2 is 2.00 bits per heavy atom. The molecule has 2 aliphatic heterocycles. The zero-order chi connectivity index (χ0) is 19.3. The lowest BCUT2D eigenvalue weighted by atomic mass is 10.0. The van der Waals surface area contributed by atoms with Gasteiger partial charge < -0.3 is 4.90 Å². The van der Waals surface area contributed by atoms with Crippen molar-refractivity contribution in [2.24, 2.45) is 0 Å². The number of nitrogens with one attached hydrogen (secondary N) is 1. The van der Waals surface area contributed by atoms with Gasteiger partial charge in [0.25, 0.3) is 15.9 Å². The molecular formula is C17H16N4O5S. The monoisotopic (exact) mass is 388 g/mol. The third-order valence-electron chi connectivity index (χ3n) is 4.76. The Morgan fingerprint density at radius 1 is 1.22 bits per heavy atom. The summed E-state index contributed by atoms with van der Waals surface area (Å²) in [6.45, 7) is 1.88. The van der Waals surface area contributed by atoms with Crippen LogP contribution in [-0.2, 0) is 26.2 Å². The Bertz CT molecular complexity index is 1090. The molecular weight excluding hydrogens is 372 g/mol. The molecule has 0 bridgehead atoms. The zero-order valence-electron chi connectivity index (χ0n) is 14.4. The SMILES string of the molecule is Cc1cn(S(=O)(=O)c2ccc3c(c2)C(=O)N(C2CCC(=O)NC2=O)C3)cn1. The maximum Gasteiger partial charge on any atom is 0.268 e. The maximum atomic E-state index is 12.8. The summed E-state index contributed by atoms with van der Waals surface area (Å²) in [5.41, 5.74) is 1.45. The Labute approximate surface area is 155 Å². The van der Waals surface area contributed by atoms with Gasteiger partial charge in [-0.05, 0) is 31.0 Å². The summed E-state index contributed by atoms with van der Waals surface area (Å²) in [5.74, 6) is -1.28. The van der Waals surface area contributed by atoms with Crippen LogP contribution < -0.4 is 5.32 Å². The number of fused-ring (bicyclic) bond motifs is 1. The number of aryl methyl sites for hydroxylation is 1. The van der Waals surface area contributed by atoms with E-state index in [4.69, 9.17) is 0 Å². The number of carbonyl (C=O) groups excluding carboxylic acids is 3. The van der Waals surface area contributed by atoms with Crippen LogP contribution in [0.2, 0.25) is 0 Å². The molecule has 27 heavy (non-hydrogen) atoms. The van der Waals surface area contributed by atoms with E-state index in [1.54, 1.807) is 13.0 Å². The van der Waals surface area contributed by atoms with Gasteiger partial charge in [-0.25, -0.2) is 17.4 Å². The molecule has 2 aliphatic rings. The summed E-state index contributed by atoms with van der Waals surface area (Å²) in [7, 11) is -3.86. The fraction of sp³-hybridized carbons (Fsp3) is 0.294. The molecule has 0 saturated carbocycles. The van der Waals surface area contributed by atoms with E-state index >= 15 is 0 Å². The zero-order valence-corrected chi connectivity index (χ0v) is 15.2. The molecule has 3 heterocycles. The first-order chi connectivity index (χ1) is 12.8. The van der Waals surface area contributed by atoms with E-state index in [0.717, 1.165) is 3.97 Å². The van der Waals surface area contributed by atoms with Crippen molar-refractivity contribution in [1.29, 1.82) is 0 Å². The molecule has 4 rings (SSSR count). The van der Waals surface area contributed by atoms with E-state index in [0.29, 0.717) is 11.3 Å². The number of carbonyl (C=O) groups is 3. The molecule has 10 heteroatoms. The standard InChI is InChI=1S/C17H16N4O5S/c1-10-7-20(9-18-10)27(25,26)12-3-2-11-8-21(17(24)13(11)6-12)14-4-5-15(22)19-16(14)23/h2-3,6-7,9,14H,4-5,8H2,1H3,(H,19,22,23). The van der Waals surface area contributed by atoms with Gasteiger partial charge in [0.05, 0.1) is 10.6 Å². The molecule has 9 nitrogen and oxygen atoms in total. The number of hydrogen-bond acceptors (Lipinski definition) is 6. The van der Waals surface area contributed by atoms with Gasteiger partial charge in [0.15, 0.2) is 0 Å². The first-order valence-electron chi connectivity index (χ1n) is 8.31. The lowest BCUT2D eigenvalue weighted by Gasteiger charge is -2.29. The summed E-state index contributed by atoms with van der Waals surface area (Å²) in [6.07, 6.45) is 3.01. The van der Waals surface area contributed by atoms with Gasteiger partial charge in [-0.1, -0.05) is 6.07 Å². The lowest BCUT2D eigenvalue weighted by molar-refractivity contribution is -0.136. The van der Waals surface area contributed by atoms with Crippen LogP contribution in [0.1, 0.15) is 34.5 Å². The fourth-order valence-electron chi connectivity index (χ4n) is 3.35. The topological polar surface area (TPSA) is 118 Å². The highest BCUT2D eigenvalue weighted by Gasteiger charge is 2.39. The minimum atomic E-state index is -3.86. The van der Waals surface area contributed by atoms with Crippen LogP contribution >= 0.6 is 0 Å². The molecule has 2 aromatic rings. The minimum absolute atomic E-state index is 0.0304. The summed E-state index contributed by atoms with van der Waals surface area (Å²) >= 11 is 0. The second-order valence-corrected chi connectivity index (χ2v) is 8.41. The number of imide groups is 1. The van der Waals surface area contributed by atoms with Crippen molar-refractivity contribution in [1.82, 2.24) is 19.2 Å². The number of rotatable bonds is 3. The quantitative estimate of drug-likeness (QED) is 0.750. The largest absolute Gasteiger partial charge is 0.322 e. The predicted molar refractivity (Wildman–Crippen MR) is 92.0 cm³/mol. The third-order valence-corrected chi connectivity index (χ3v) is 6.37. The van der Waals surface area contributed by atoms with E-state index in [9.17, 15) is 22.8 Å². The van der Waals surface area contributed by atoms with Crippen LogP contribution in [0.25, 0.3) is 0 Å². The van der Waals surface area contributed by atoms with Crippen LogP contribution in [0.3, 0.4) is 0 Å². The van der Waals surface area contributed by atoms with Gasteiger partial charge in [-0.15, -0.1) is 0 Å². The molecule has 3 amide bonds. The van der Waals surface area contributed by atoms with Gasteiger partial charge >= 0.3 is 0 Å². The molecule has 0 radical (unpaired) electrons. The molecule has 1 unspecified atom stereocenters. The minimum Gasteiger partial charge on any atom is -0.322 e. The molecule has 1 aromatic carbocycles. The van der Waals surface area contributed by atoms with Crippen molar-refractivity contribution in [2.45, 2.75) is 37.2 Å². The highest BCUT2D eigenvalue weighted by atomic mass is 32.2. The summed E-state index contributed by atoms with van der Waals surface area (Å²) in [4.78, 5) is 41.4. The Morgan fingerprint density at radius 3 is 2.67 bits per heavy atom. The smallest absolute Gasteiger partial charge is 0.268 e. The molecule has 0 spiro atoms. The van der Waals surface area contributed by atoms with E-state index in [-0.39, 0.29) is 35.8 Å². The molecule has 1 N–H and O–H groups in total. The average Bonchev–Trinajstić information content (AvgIpc) is 3.19. The van der Waals surface area contributed by atoms with Crippen molar-refractivity contribution in [3.8, 4) is 0 Å². The van der Waals surface area contributed by atoms with Crippen molar-refractivity contribution in [2.75, 3.05) is 0 Å². The normalized spacial score (nSPS) is 20.0. The van der Waals surface area contributed by atoms with Crippen molar-refractivity contribution >= 4 is 27.7 Å². The Balaban J connectivity index is 1.66. The summed E-state index contributed by atoms with van der Waals surface area (Å²) in [5, 5.41) is 2.24. The van der Waals surface area contributed by atoms with Crippen LogP contribution in [-0.4, -0.2) is 46.0 Å². The molecule has 0 aliphatic carbocycles. The van der Waals surface area contributed by atoms with Gasteiger partial charge in [-0.3, -0.25) is 19.7 Å². The number of benzene rings is 1. The van der Waals surface area contributed by atoms with Gasteiger partial charge in [0.2, 0.25) is 11.8 Å². The second-order valence-electron chi connectivity index (χ2n) is 6.57. The lowest BCUT2D eigenvalue weighted by Crippen LogP contribution is -2.52. The van der Waals surface area contributed by atoms with E-state index in [1.807, 2.05) is 0 Å². The van der Waals surface area contributed by atoms with Crippen LogP contribution in [0.15, 0.2) is 35.6 Å². The third kappa shape index (κ3) is 2.81. The van der Waals surface area contributed by atoms with Crippen molar-refractivity contribution in [3.05, 3.63) is 47.5 Å². The number of hydrogen-bond donors (Lipinski definition) is 1. The second kappa shape index (κ2) is 6.02. The summed E-state index contributed by atoms with van der Waals surface area (Å²) in [6, 6.07) is 3.60. The number of piperidine rings is 1. The van der Waals surface area contributed by atoms with Crippen molar-refractivity contribution in [3.63, 3.8) is 0 Å². The van der Waals surface area contributed by atoms with E-state index in [2.05, 4.69) is 10.3 Å². The number of nitrogens with zero attached hydrogens (tertiary/aromatic N) is 3. The molecule has 1 atom stereocenters. The Hall–Kier alpha value is -3.01. The highest BCUT2D eigenvalue weighted by Crippen LogP contribution is 2.29. The van der Waals surface area contributed by atoms with E-state index < -0.39 is 27.9 Å². The molecule has 140 valence electrons. The predicted octanol–water partition coefficient (Wildman–Crippen LogP) is 0.190. The van der Waals surface area contributed by atoms with Crippen LogP contribution in [0, 0.1) is 6.92 Å². The first kappa shape index (κ1) is 17.4. The highest BCUT2D eigenvalue weighted by molar-refractivity contribution is 7.90.